The number of methoxy groups -OCH3 is 1. The molecule has 0 spiro atoms. The van der Waals surface area contributed by atoms with Crippen molar-refractivity contribution in [1.29, 1.82) is 0 Å². The van der Waals surface area contributed by atoms with Crippen LogP contribution in [0.1, 0.15) is 10.4 Å². The molecule has 0 aliphatic heterocycles. The van der Waals surface area contributed by atoms with Crippen LogP contribution in [0.25, 0.3) is 0 Å². The molecule has 0 saturated carbocycles. The number of aromatic nitrogens is 3. The summed E-state index contributed by atoms with van der Waals surface area (Å²) in [6.07, 6.45) is 1.36. The van der Waals surface area contributed by atoms with Crippen LogP contribution in [0.2, 0.25) is 0 Å². The second kappa shape index (κ2) is 4.88. The molecule has 2 rings (SSSR count). The summed E-state index contributed by atoms with van der Waals surface area (Å²) < 4.78 is 5.06. The van der Waals surface area contributed by atoms with Gasteiger partial charge in [0, 0.05) is 4.90 Å². The van der Waals surface area contributed by atoms with Crippen molar-refractivity contribution in [3.63, 3.8) is 0 Å². The van der Waals surface area contributed by atoms with Gasteiger partial charge in [0.05, 0.1) is 12.7 Å². The van der Waals surface area contributed by atoms with Crippen molar-refractivity contribution in [2.45, 2.75) is 10.1 Å². The van der Waals surface area contributed by atoms with E-state index in [0.717, 1.165) is 0 Å². The van der Waals surface area contributed by atoms with Gasteiger partial charge >= 0.3 is 5.97 Å². The molecule has 0 atom stereocenters. The molecule has 88 valence electrons. The first kappa shape index (κ1) is 11.5. The normalized spacial score (nSPS) is 10.2. The van der Waals surface area contributed by atoms with Crippen molar-refractivity contribution >= 4 is 17.7 Å². The molecule has 0 bridgehead atoms. The van der Waals surface area contributed by atoms with E-state index in [4.69, 9.17) is 9.84 Å². The standard InChI is InChI=1S/C10H9N3O3S/c1-16-6-2-3-7(9(14)15)8(4-6)17-10-11-5-12-13-10/h2-5H,1H3,(H,14,15)(H,11,12,13). The highest BCUT2D eigenvalue weighted by Gasteiger charge is 2.13. The zero-order chi connectivity index (χ0) is 12.3. The first-order valence-electron chi connectivity index (χ1n) is 4.65. The van der Waals surface area contributed by atoms with E-state index in [-0.39, 0.29) is 5.56 Å². The van der Waals surface area contributed by atoms with Crippen LogP contribution in [0, 0.1) is 0 Å². The van der Waals surface area contributed by atoms with Crippen LogP contribution in [0.15, 0.2) is 34.6 Å². The lowest BCUT2D eigenvalue weighted by Crippen LogP contribution is -1.99. The van der Waals surface area contributed by atoms with Crippen LogP contribution in [0.3, 0.4) is 0 Å². The Bertz CT molecular complexity index is 528. The summed E-state index contributed by atoms with van der Waals surface area (Å²) in [5.41, 5.74) is 0.201. The van der Waals surface area contributed by atoms with Crippen molar-refractivity contribution in [2.75, 3.05) is 7.11 Å². The second-order valence-corrected chi connectivity index (χ2v) is 4.09. The topological polar surface area (TPSA) is 88.1 Å². The van der Waals surface area contributed by atoms with Crippen molar-refractivity contribution in [3.8, 4) is 5.75 Å². The van der Waals surface area contributed by atoms with Gasteiger partial charge < -0.3 is 9.84 Å². The molecule has 0 unspecified atom stereocenters. The minimum atomic E-state index is -0.991. The molecule has 1 aromatic carbocycles. The molecule has 0 amide bonds. The molecule has 0 saturated heterocycles. The predicted molar refractivity (Wildman–Crippen MR) is 60.5 cm³/mol. The average Bonchev–Trinajstić information content (AvgIpc) is 2.81. The molecular formula is C10H9N3O3S. The van der Waals surface area contributed by atoms with Crippen LogP contribution in [0.5, 0.6) is 5.75 Å². The van der Waals surface area contributed by atoms with E-state index in [1.165, 1.54) is 31.3 Å². The van der Waals surface area contributed by atoms with Crippen molar-refractivity contribution in [2.24, 2.45) is 0 Å². The Morgan fingerprint density at radius 3 is 2.94 bits per heavy atom. The van der Waals surface area contributed by atoms with Gasteiger partial charge in [-0.25, -0.2) is 9.78 Å². The summed E-state index contributed by atoms with van der Waals surface area (Å²) in [5, 5.41) is 15.9. The Hall–Kier alpha value is -2.02. The summed E-state index contributed by atoms with van der Waals surface area (Å²) >= 11 is 1.19. The number of carboxylic acids is 1. The van der Waals surface area contributed by atoms with Gasteiger partial charge in [0.25, 0.3) is 0 Å². The number of H-pyrrole nitrogens is 1. The Balaban J connectivity index is 2.38. The van der Waals surface area contributed by atoms with E-state index >= 15 is 0 Å². The van der Waals surface area contributed by atoms with Crippen molar-refractivity contribution < 1.29 is 14.6 Å². The van der Waals surface area contributed by atoms with Crippen molar-refractivity contribution in [1.82, 2.24) is 15.2 Å². The van der Waals surface area contributed by atoms with Gasteiger partial charge in [0.1, 0.15) is 12.1 Å². The third-order valence-corrected chi connectivity index (χ3v) is 2.97. The Kier molecular flexibility index (Phi) is 3.29. The van der Waals surface area contributed by atoms with Gasteiger partial charge in [-0.3, -0.25) is 5.10 Å². The number of hydrogen-bond donors (Lipinski definition) is 2. The van der Waals surface area contributed by atoms with E-state index in [1.54, 1.807) is 12.1 Å². The highest BCUT2D eigenvalue weighted by Crippen LogP contribution is 2.30. The fourth-order valence-electron chi connectivity index (χ4n) is 1.24. The molecule has 17 heavy (non-hydrogen) atoms. The number of carboxylic acid groups (broad SMARTS) is 1. The largest absolute Gasteiger partial charge is 0.497 e. The van der Waals surface area contributed by atoms with E-state index < -0.39 is 5.97 Å². The summed E-state index contributed by atoms with van der Waals surface area (Å²) in [7, 11) is 1.53. The number of nitrogens with one attached hydrogen (secondary N) is 1. The van der Waals surface area contributed by atoms with E-state index in [9.17, 15) is 4.79 Å². The lowest BCUT2D eigenvalue weighted by atomic mass is 10.2. The lowest BCUT2D eigenvalue weighted by molar-refractivity contribution is 0.0693. The van der Waals surface area contributed by atoms with Gasteiger partial charge in [0.15, 0.2) is 5.16 Å². The first-order chi connectivity index (χ1) is 8.20. The maximum atomic E-state index is 11.0. The second-order valence-electron chi connectivity index (χ2n) is 3.06. The molecule has 7 heteroatoms. The molecule has 1 aromatic heterocycles. The monoisotopic (exact) mass is 251 g/mol. The number of nitrogens with zero attached hydrogens (tertiary/aromatic N) is 2. The zero-order valence-corrected chi connectivity index (χ0v) is 9.69. The Labute approximate surface area is 101 Å². The van der Waals surface area contributed by atoms with Crippen LogP contribution >= 0.6 is 11.8 Å². The Morgan fingerprint density at radius 2 is 2.35 bits per heavy atom. The van der Waals surface area contributed by atoms with Crippen LogP contribution in [-0.2, 0) is 0 Å². The summed E-state index contributed by atoms with van der Waals surface area (Å²) in [4.78, 5) is 15.5. The number of ether oxygens (including phenoxy) is 1. The third kappa shape index (κ3) is 2.56. The number of rotatable bonds is 4. The van der Waals surface area contributed by atoms with Gasteiger partial charge in [-0.05, 0) is 30.0 Å². The number of hydrogen-bond acceptors (Lipinski definition) is 5. The summed E-state index contributed by atoms with van der Waals surface area (Å²) in [6.45, 7) is 0. The number of aromatic carboxylic acids is 1. The minimum absolute atomic E-state index is 0.201. The molecule has 0 fully saturated rings. The van der Waals surface area contributed by atoms with Gasteiger partial charge in [-0.15, -0.1) is 0 Å². The minimum Gasteiger partial charge on any atom is -0.497 e. The van der Waals surface area contributed by atoms with Gasteiger partial charge in [-0.1, -0.05) is 0 Å². The molecule has 0 aliphatic carbocycles. The van der Waals surface area contributed by atoms with Crippen molar-refractivity contribution in [3.05, 3.63) is 30.1 Å². The fourth-order valence-corrected chi connectivity index (χ4v) is 2.09. The average molecular weight is 251 g/mol. The van der Waals surface area contributed by atoms with Crippen LogP contribution < -0.4 is 4.74 Å². The molecule has 0 radical (unpaired) electrons. The molecule has 2 N–H and O–H groups in total. The molecule has 6 nitrogen and oxygen atoms in total. The smallest absolute Gasteiger partial charge is 0.336 e. The van der Waals surface area contributed by atoms with E-state index in [2.05, 4.69) is 15.2 Å². The Morgan fingerprint density at radius 1 is 1.53 bits per heavy atom. The maximum absolute atomic E-state index is 11.0. The SMILES string of the molecule is COc1ccc(C(=O)O)c(Sc2ncn[nH]2)c1. The van der Waals surface area contributed by atoms with E-state index in [0.29, 0.717) is 15.8 Å². The quantitative estimate of drug-likeness (QED) is 0.859. The summed E-state index contributed by atoms with van der Waals surface area (Å²) in [6, 6.07) is 4.75. The van der Waals surface area contributed by atoms with Gasteiger partial charge in [0.2, 0.25) is 0 Å². The number of carbonyl (C=O) groups is 1. The third-order valence-electron chi connectivity index (χ3n) is 2.02. The molecule has 1 heterocycles. The van der Waals surface area contributed by atoms with Crippen LogP contribution in [0.4, 0.5) is 0 Å². The number of benzene rings is 1. The fraction of sp³-hybridized carbons (Fsp3) is 0.100. The first-order valence-corrected chi connectivity index (χ1v) is 5.47. The molecular weight excluding hydrogens is 242 g/mol. The zero-order valence-electron chi connectivity index (χ0n) is 8.88. The molecule has 2 aromatic rings. The lowest BCUT2D eigenvalue weighted by Gasteiger charge is -2.06. The maximum Gasteiger partial charge on any atom is 0.336 e. The van der Waals surface area contributed by atoms with Crippen LogP contribution in [-0.4, -0.2) is 33.4 Å². The summed E-state index contributed by atoms with van der Waals surface area (Å²) in [5.74, 6) is -0.397. The molecule has 0 aliphatic rings. The highest BCUT2D eigenvalue weighted by atomic mass is 32.2. The van der Waals surface area contributed by atoms with E-state index in [1.807, 2.05) is 0 Å². The highest BCUT2D eigenvalue weighted by molar-refractivity contribution is 7.99. The van der Waals surface area contributed by atoms with Gasteiger partial charge in [-0.2, -0.15) is 5.10 Å². The predicted octanol–water partition coefficient (Wildman–Crippen LogP) is 1.66. The number of aromatic amines is 1.